The van der Waals surface area contributed by atoms with E-state index in [2.05, 4.69) is 11.8 Å². The number of hydrogen-bond acceptors (Lipinski definition) is 3. The molecule has 3 nitrogen and oxygen atoms in total. The molecule has 118 valence electrons. The summed E-state index contributed by atoms with van der Waals surface area (Å²) in [4.78, 5) is 15.0. The van der Waals surface area contributed by atoms with Crippen LogP contribution < -0.4 is 10.3 Å². The first-order chi connectivity index (χ1) is 11.0. The van der Waals surface area contributed by atoms with Crippen LogP contribution in [0.5, 0.6) is 0 Å². The first kappa shape index (κ1) is 14.9. The van der Waals surface area contributed by atoms with Crippen LogP contribution in [0.1, 0.15) is 13.3 Å². The minimum Gasteiger partial charge on any atom is -0.454 e. The van der Waals surface area contributed by atoms with E-state index in [0.29, 0.717) is 37.9 Å². The van der Waals surface area contributed by atoms with E-state index in [4.69, 9.17) is 27.6 Å². The number of benzene rings is 2. The highest BCUT2D eigenvalue weighted by Crippen LogP contribution is 2.32. The van der Waals surface area contributed by atoms with E-state index in [9.17, 15) is 4.79 Å². The van der Waals surface area contributed by atoms with Gasteiger partial charge < -0.3 is 9.32 Å². The predicted molar refractivity (Wildman–Crippen MR) is 96.0 cm³/mol. The van der Waals surface area contributed by atoms with E-state index in [-0.39, 0.29) is 5.43 Å². The number of rotatable bonds is 1. The molecule has 0 bridgehead atoms. The third-order valence-electron chi connectivity index (χ3n) is 4.50. The van der Waals surface area contributed by atoms with Crippen LogP contribution in [-0.2, 0) is 0 Å². The fraction of sp³-hybridized carbons (Fsp3) is 0.278. The number of fused-ring (bicyclic) bond motifs is 2. The van der Waals surface area contributed by atoms with Crippen molar-refractivity contribution in [1.29, 1.82) is 0 Å². The van der Waals surface area contributed by atoms with Crippen LogP contribution in [0.15, 0.2) is 39.5 Å². The Balaban J connectivity index is 1.97. The fourth-order valence-corrected chi connectivity index (χ4v) is 3.67. The van der Waals surface area contributed by atoms with Crippen LogP contribution >= 0.6 is 23.2 Å². The van der Waals surface area contributed by atoms with Crippen molar-refractivity contribution in [3.63, 3.8) is 0 Å². The van der Waals surface area contributed by atoms with Crippen molar-refractivity contribution in [3.05, 3.63) is 50.6 Å². The molecule has 0 radical (unpaired) electrons. The highest BCUT2D eigenvalue weighted by atomic mass is 35.5. The van der Waals surface area contributed by atoms with Gasteiger partial charge >= 0.3 is 0 Å². The van der Waals surface area contributed by atoms with E-state index in [1.54, 1.807) is 12.1 Å². The van der Waals surface area contributed by atoms with Crippen LogP contribution in [-0.4, -0.2) is 13.1 Å². The first-order valence-corrected chi connectivity index (χ1v) is 8.39. The normalized spacial score (nSPS) is 18.2. The van der Waals surface area contributed by atoms with Gasteiger partial charge in [0, 0.05) is 24.8 Å². The zero-order valence-electron chi connectivity index (χ0n) is 12.6. The zero-order chi connectivity index (χ0) is 16.1. The molecule has 1 aromatic heterocycles. The van der Waals surface area contributed by atoms with Gasteiger partial charge in [0.2, 0.25) is 5.43 Å². The maximum atomic E-state index is 12.7. The summed E-state index contributed by atoms with van der Waals surface area (Å²) in [6.07, 6.45) is 1.18. The highest BCUT2D eigenvalue weighted by molar-refractivity contribution is 6.39. The molecular weight excluding hydrogens is 333 g/mol. The van der Waals surface area contributed by atoms with Crippen molar-refractivity contribution in [2.45, 2.75) is 13.3 Å². The van der Waals surface area contributed by atoms with Crippen LogP contribution in [0.25, 0.3) is 21.9 Å². The number of nitrogens with zero attached hydrogens (tertiary/aromatic N) is 1. The Morgan fingerprint density at radius 3 is 2.70 bits per heavy atom. The van der Waals surface area contributed by atoms with Gasteiger partial charge in [-0.1, -0.05) is 30.1 Å². The molecule has 23 heavy (non-hydrogen) atoms. The van der Waals surface area contributed by atoms with Crippen LogP contribution in [0.4, 0.5) is 5.69 Å². The average Bonchev–Trinajstić information content (AvgIpc) is 2.97. The molecule has 2 heterocycles. The summed E-state index contributed by atoms with van der Waals surface area (Å²) < 4.78 is 5.92. The quantitative estimate of drug-likeness (QED) is 0.574. The molecule has 4 rings (SSSR count). The summed E-state index contributed by atoms with van der Waals surface area (Å²) >= 11 is 12.3. The van der Waals surface area contributed by atoms with Gasteiger partial charge in [-0.05, 0) is 36.6 Å². The van der Waals surface area contributed by atoms with Gasteiger partial charge in [-0.3, -0.25) is 4.79 Å². The lowest BCUT2D eigenvalue weighted by Gasteiger charge is -2.18. The third kappa shape index (κ3) is 2.39. The lowest BCUT2D eigenvalue weighted by molar-refractivity contribution is 0.656. The molecule has 2 aromatic carbocycles. The van der Waals surface area contributed by atoms with Crippen molar-refractivity contribution in [3.8, 4) is 0 Å². The van der Waals surface area contributed by atoms with Crippen molar-refractivity contribution in [2.24, 2.45) is 5.92 Å². The van der Waals surface area contributed by atoms with E-state index in [1.165, 1.54) is 6.42 Å². The van der Waals surface area contributed by atoms with Gasteiger partial charge in [-0.25, -0.2) is 0 Å². The standard InChI is InChI=1S/C18H15Cl2NO2/c1-10-6-7-21(9-10)11-2-3-12-15(8-11)23-18-14(20)5-4-13(19)16(18)17(12)22/h2-5,8,10H,6-7,9H2,1H3. The van der Waals surface area contributed by atoms with Gasteiger partial charge in [0.25, 0.3) is 0 Å². The van der Waals surface area contributed by atoms with Gasteiger partial charge in [-0.2, -0.15) is 0 Å². The summed E-state index contributed by atoms with van der Waals surface area (Å²) in [6, 6.07) is 8.98. The van der Waals surface area contributed by atoms with Crippen molar-refractivity contribution >= 4 is 50.8 Å². The minimum absolute atomic E-state index is 0.143. The Morgan fingerprint density at radius 2 is 1.96 bits per heavy atom. The van der Waals surface area contributed by atoms with E-state index in [0.717, 1.165) is 18.8 Å². The molecule has 1 atom stereocenters. The molecule has 3 aromatic rings. The average molecular weight is 348 g/mol. The molecule has 0 N–H and O–H groups in total. The molecule has 5 heteroatoms. The maximum absolute atomic E-state index is 12.7. The van der Waals surface area contributed by atoms with E-state index < -0.39 is 0 Å². The molecule has 0 amide bonds. The summed E-state index contributed by atoms with van der Waals surface area (Å²) in [5.41, 5.74) is 1.82. The van der Waals surface area contributed by atoms with E-state index in [1.807, 2.05) is 18.2 Å². The van der Waals surface area contributed by atoms with E-state index >= 15 is 0 Å². The highest BCUT2D eigenvalue weighted by Gasteiger charge is 2.20. The Kier molecular flexibility index (Phi) is 3.51. The van der Waals surface area contributed by atoms with Crippen LogP contribution in [0.3, 0.4) is 0 Å². The fourth-order valence-electron chi connectivity index (χ4n) is 3.24. The Bertz CT molecular complexity index is 980. The Labute approximate surface area is 143 Å². The molecule has 0 saturated carbocycles. The molecule has 0 aliphatic carbocycles. The van der Waals surface area contributed by atoms with Gasteiger partial charge in [0.15, 0.2) is 5.58 Å². The second-order valence-electron chi connectivity index (χ2n) is 6.18. The SMILES string of the molecule is CC1CCN(c2ccc3c(=O)c4c(Cl)ccc(Cl)c4oc3c2)C1. The summed E-state index contributed by atoms with van der Waals surface area (Å²) in [7, 11) is 0. The molecule has 0 spiro atoms. The summed E-state index contributed by atoms with van der Waals surface area (Å²) in [5, 5.41) is 1.62. The smallest absolute Gasteiger partial charge is 0.202 e. The van der Waals surface area contributed by atoms with Crippen LogP contribution in [0.2, 0.25) is 10.0 Å². The Hall–Kier alpha value is -1.71. The zero-order valence-corrected chi connectivity index (χ0v) is 14.1. The lowest BCUT2D eigenvalue weighted by atomic mass is 10.1. The molecule has 1 aliphatic heterocycles. The molecular formula is C18H15Cl2NO2. The number of hydrogen-bond donors (Lipinski definition) is 0. The minimum atomic E-state index is -0.143. The Morgan fingerprint density at radius 1 is 1.17 bits per heavy atom. The predicted octanol–water partition coefficient (Wildman–Crippen LogP) is 5.10. The van der Waals surface area contributed by atoms with Gasteiger partial charge in [0.05, 0.1) is 20.8 Å². The number of anilines is 1. The maximum Gasteiger partial charge on any atom is 0.202 e. The largest absolute Gasteiger partial charge is 0.454 e. The topological polar surface area (TPSA) is 33.5 Å². The van der Waals surface area contributed by atoms with Crippen molar-refractivity contribution in [1.82, 2.24) is 0 Å². The van der Waals surface area contributed by atoms with Crippen LogP contribution in [0, 0.1) is 5.92 Å². The second kappa shape index (κ2) is 5.43. The lowest BCUT2D eigenvalue weighted by Crippen LogP contribution is -2.19. The molecule has 1 saturated heterocycles. The first-order valence-electron chi connectivity index (χ1n) is 7.64. The van der Waals surface area contributed by atoms with Gasteiger partial charge in [0.1, 0.15) is 5.58 Å². The van der Waals surface area contributed by atoms with Crippen molar-refractivity contribution in [2.75, 3.05) is 18.0 Å². The van der Waals surface area contributed by atoms with Gasteiger partial charge in [-0.15, -0.1) is 0 Å². The summed E-state index contributed by atoms with van der Waals surface area (Å²) in [6.45, 7) is 4.30. The third-order valence-corrected chi connectivity index (χ3v) is 5.11. The van der Waals surface area contributed by atoms with Crippen molar-refractivity contribution < 1.29 is 4.42 Å². The number of halogens is 2. The monoisotopic (exact) mass is 347 g/mol. The summed E-state index contributed by atoms with van der Waals surface area (Å²) in [5.74, 6) is 0.683. The molecule has 1 unspecified atom stereocenters. The second-order valence-corrected chi connectivity index (χ2v) is 7.00. The molecule has 1 aliphatic rings. The molecule has 1 fully saturated rings.